The van der Waals surface area contributed by atoms with Crippen LogP contribution in [0.25, 0.3) is 0 Å². The van der Waals surface area contributed by atoms with Gasteiger partial charge >= 0.3 is 0 Å². The van der Waals surface area contributed by atoms with Gasteiger partial charge in [-0.3, -0.25) is 0 Å². The number of rotatable bonds is 0. The van der Waals surface area contributed by atoms with Gasteiger partial charge in [-0.05, 0) is 19.3 Å². The lowest BCUT2D eigenvalue weighted by atomic mass is 9.69. The zero-order chi connectivity index (χ0) is 7.61. The van der Waals surface area contributed by atoms with Crippen molar-refractivity contribution in [2.45, 2.75) is 44.8 Å². The number of hydrogen-bond acceptors (Lipinski definition) is 1. The van der Waals surface area contributed by atoms with Crippen LogP contribution in [0.3, 0.4) is 0 Å². The van der Waals surface area contributed by atoms with Crippen LogP contribution in [0.5, 0.6) is 0 Å². The fourth-order valence-electron chi connectivity index (χ4n) is 1.52. The molecule has 10 heavy (non-hydrogen) atoms. The van der Waals surface area contributed by atoms with Crippen LogP contribution in [0, 0.1) is 0 Å². The summed E-state index contributed by atoms with van der Waals surface area (Å²) >= 11 is 0. The number of halogens is 1. The lowest BCUT2D eigenvalue weighted by Crippen LogP contribution is -2.70. The van der Waals surface area contributed by atoms with Crippen LogP contribution < -0.4 is 5.32 Å². The van der Waals surface area contributed by atoms with E-state index in [1.54, 1.807) is 0 Å². The first-order chi connectivity index (χ1) is 4.83. The Kier molecular flexibility index (Phi) is 2.29. The first-order valence-corrected chi connectivity index (χ1v) is 4.23. The Bertz CT molecular complexity index is 104. The summed E-state index contributed by atoms with van der Waals surface area (Å²) in [7, 11) is 0. The lowest BCUT2D eigenvalue weighted by Gasteiger charge is -2.52. The summed E-state index contributed by atoms with van der Waals surface area (Å²) in [6, 6.07) is 0. The SMILES string of the molecule is CC.FC1CNC12CCC2. The molecule has 2 heteroatoms. The zero-order valence-corrected chi connectivity index (χ0v) is 6.78. The highest BCUT2D eigenvalue weighted by atomic mass is 19.1. The highest BCUT2D eigenvalue weighted by Gasteiger charge is 2.50. The highest BCUT2D eigenvalue weighted by Crippen LogP contribution is 2.41. The quantitative estimate of drug-likeness (QED) is 0.548. The van der Waals surface area contributed by atoms with Crippen LogP contribution >= 0.6 is 0 Å². The predicted octanol–water partition coefficient (Wildman–Crippen LogP) is 1.88. The van der Waals surface area contributed by atoms with E-state index in [1.807, 2.05) is 13.8 Å². The van der Waals surface area contributed by atoms with Crippen molar-refractivity contribution >= 4 is 0 Å². The highest BCUT2D eigenvalue weighted by molar-refractivity contribution is 5.09. The van der Waals surface area contributed by atoms with Crippen molar-refractivity contribution in [2.24, 2.45) is 0 Å². The van der Waals surface area contributed by atoms with Crippen LogP contribution in [-0.4, -0.2) is 18.3 Å². The first kappa shape index (κ1) is 7.99. The standard InChI is InChI=1S/C6H10FN.C2H6/c7-5-4-8-6(5)2-1-3-6;1-2/h5,8H,1-4H2;1-2H3. The number of nitrogens with one attached hydrogen (secondary N) is 1. The Morgan fingerprint density at radius 1 is 1.40 bits per heavy atom. The molecule has 1 spiro atoms. The van der Waals surface area contributed by atoms with E-state index in [1.165, 1.54) is 6.42 Å². The molecule has 1 atom stereocenters. The summed E-state index contributed by atoms with van der Waals surface area (Å²) in [5, 5.41) is 3.13. The van der Waals surface area contributed by atoms with Crippen molar-refractivity contribution in [1.82, 2.24) is 5.32 Å². The average Bonchev–Trinajstić information content (AvgIpc) is 1.86. The molecule has 2 rings (SSSR count). The third kappa shape index (κ3) is 0.947. The Morgan fingerprint density at radius 2 is 2.00 bits per heavy atom. The van der Waals surface area contributed by atoms with E-state index in [0.717, 1.165) is 12.8 Å². The molecule has 0 aromatic carbocycles. The molecule has 1 aliphatic carbocycles. The van der Waals surface area contributed by atoms with Crippen LogP contribution in [-0.2, 0) is 0 Å². The second kappa shape index (κ2) is 2.87. The molecule has 1 aliphatic heterocycles. The van der Waals surface area contributed by atoms with Gasteiger partial charge in [-0.2, -0.15) is 0 Å². The minimum atomic E-state index is -0.531. The molecule has 1 nitrogen and oxygen atoms in total. The average molecular weight is 145 g/mol. The topological polar surface area (TPSA) is 12.0 Å². The maximum atomic E-state index is 12.6. The molecular weight excluding hydrogens is 129 g/mol. The molecule has 0 radical (unpaired) electrons. The van der Waals surface area contributed by atoms with Crippen LogP contribution in [0.1, 0.15) is 33.1 Å². The zero-order valence-electron chi connectivity index (χ0n) is 6.78. The molecular formula is C8H16FN. The predicted molar refractivity (Wildman–Crippen MR) is 40.8 cm³/mol. The molecule has 60 valence electrons. The molecule has 1 N–H and O–H groups in total. The molecule has 1 heterocycles. The van der Waals surface area contributed by atoms with Gasteiger partial charge in [0.1, 0.15) is 6.17 Å². The van der Waals surface area contributed by atoms with Crippen molar-refractivity contribution in [3.05, 3.63) is 0 Å². The Morgan fingerprint density at radius 3 is 2.00 bits per heavy atom. The smallest absolute Gasteiger partial charge is 0.131 e. The van der Waals surface area contributed by atoms with Gasteiger partial charge in [0.05, 0.1) is 5.54 Å². The van der Waals surface area contributed by atoms with Crippen molar-refractivity contribution in [1.29, 1.82) is 0 Å². The summed E-state index contributed by atoms with van der Waals surface area (Å²) in [6.07, 6.45) is 2.81. The first-order valence-electron chi connectivity index (χ1n) is 4.23. The Hall–Kier alpha value is -0.110. The number of alkyl halides is 1. The Labute approximate surface area is 62.0 Å². The second-order valence-electron chi connectivity index (χ2n) is 2.86. The molecule has 2 aliphatic rings. The van der Waals surface area contributed by atoms with Crippen molar-refractivity contribution in [2.75, 3.05) is 6.54 Å². The van der Waals surface area contributed by atoms with Gasteiger partial charge in [-0.15, -0.1) is 0 Å². The van der Waals surface area contributed by atoms with Crippen LogP contribution in [0.2, 0.25) is 0 Å². The van der Waals surface area contributed by atoms with Gasteiger partial charge in [0.25, 0.3) is 0 Å². The van der Waals surface area contributed by atoms with Crippen molar-refractivity contribution in [3.8, 4) is 0 Å². The molecule has 0 bridgehead atoms. The van der Waals surface area contributed by atoms with E-state index in [4.69, 9.17) is 0 Å². The number of hydrogen-bond donors (Lipinski definition) is 1. The fraction of sp³-hybridized carbons (Fsp3) is 1.00. The summed E-state index contributed by atoms with van der Waals surface area (Å²) in [4.78, 5) is 0. The maximum Gasteiger partial charge on any atom is 0.131 e. The fourth-order valence-corrected chi connectivity index (χ4v) is 1.52. The lowest BCUT2D eigenvalue weighted by molar-refractivity contribution is -0.00615. The van der Waals surface area contributed by atoms with E-state index in [-0.39, 0.29) is 5.54 Å². The third-order valence-electron chi connectivity index (χ3n) is 2.48. The van der Waals surface area contributed by atoms with Crippen molar-refractivity contribution in [3.63, 3.8) is 0 Å². The summed E-state index contributed by atoms with van der Waals surface area (Å²) in [6.45, 7) is 4.60. The van der Waals surface area contributed by atoms with E-state index in [9.17, 15) is 4.39 Å². The van der Waals surface area contributed by atoms with E-state index in [0.29, 0.717) is 6.54 Å². The van der Waals surface area contributed by atoms with Crippen LogP contribution in [0.15, 0.2) is 0 Å². The van der Waals surface area contributed by atoms with Crippen molar-refractivity contribution < 1.29 is 4.39 Å². The summed E-state index contributed by atoms with van der Waals surface area (Å²) in [5.74, 6) is 0. The maximum absolute atomic E-state index is 12.6. The minimum Gasteiger partial charge on any atom is -0.306 e. The second-order valence-corrected chi connectivity index (χ2v) is 2.86. The largest absolute Gasteiger partial charge is 0.306 e. The van der Waals surface area contributed by atoms with E-state index in [2.05, 4.69) is 5.32 Å². The van der Waals surface area contributed by atoms with E-state index < -0.39 is 6.17 Å². The molecule has 1 saturated carbocycles. The van der Waals surface area contributed by atoms with E-state index >= 15 is 0 Å². The molecule has 1 unspecified atom stereocenters. The molecule has 0 aromatic heterocycles. The molecule has 0 aromatic rings. The summed E-state index contributed by atoms with van der Waals surface area (Å²) in [5.41, 5.74) is -0.0139. The van der Waals surface area contributed by atoms with Gasteiger partial charge < -0.3 is 5.32 Å². The van der Waals surface area contributed by atoms with Gasteiger partial charge in [-0.1, -0.05) is 13.8 Å². The van der Waals surface area contributed by atoms with Gasteiger partial charge in [0, 0.05) is 6.54 Å². The third-order valence-corrected chi connectivity index (χ3v) is 2.48. The van der Waals surface area contributed by atoms with Gasteiger partial charge in [0.15, 0.2) is 0 Å². The summed E-state index contributed by atoms with van der Waals surface area (Å²) < 4.78 is 12.6. The monoisotopic (exact) mass is 145 g/mol. The van der Waals surface area contributed by atoms with Gasteiger partial charge in [0.2, 0.25) is 0 Å². The molecule has 0 amide bonds. The van der Waals surface area contributed by atoms with Gasteiger partial charge in [-0.25, -0.2) is 4.39 Å². The normalized spacial score (nSPS) is 33.3. The van der Waals surface area contributed by atoms with Crippen LogP contribution in [0.4, 0.5) is 4.39 Å². The molecule has 1 saturated heterocycles. The minimum absolute atomic E-state index is 0.0139. The molecule has 2 fully saturated rings. The Balaban J connectivity index is 0.000000231.